The molecule has 84 valence electrons. The highest BCUT2D eigenvalue weighted by Gasteiger charge is 2.37. The number of rotatable bonds is 4. The summed E-state index contributed by atoms with van der Waals surface area (Å²) in [5.41, 5.74) is 0. The molecule has 0 N–H and O–H groups in total. The van der Waals surface area contributed by atoms with Crippen molar-refractivity contribution in [1.29, 1.82) is 0 Å². The van der Waals surface area contributed by atoms with Gasteiger partial charge in [-0.15, -0.1) is 0 Å². The Morgan fingerprint density at radius 1 is 1.60 bits per heavy atom. The van der Waals surface area contributed by atoms with Gasteiger partial charge in [0.15, 0.2) is 0 Å². The number of carbonyl (C=O) groups excluding carboxylic acids is 3. The van der Waals surface area contributed by atoms with Crippen molar-refractivity contribution in [3.05, 3.63) is 0 Å². The second-order valence-electron chi connectivity index (χ2n) is 3.14. The molecular formula is C9H13NO4S. The molecule has 0 aromatic carbocycles. The van der Waals surface area contributed by atoms with E-state index in [1.807, 2.05) is 0 Å². The molecule has 5 nitrogen and oxygen atoms in total. The van der Waals surface area contributed by atoms with Gasteiger partial charge in [0.1, 0.15) is 0 Å². The van der Waals surface area contributed by atoms with E-state index in [4.69, 9.17) is 0 Å². The van der Waals surface area contributed by atoms with Crippen molar-refractivity contribution in [1.82, 2.24) is 4.90 Å². The van der Waals surface area contributed by atoms with Gasteiger partial charge in [0.25, 0.3) is 0 Å². The van der Waals surface area contributed by atoms with E-state index in [0.717, 1.165) is 4.90 Å². The lowest BCUT2D eigenvalue weighted by Gasteiger charge is -2.13. The molecule has 0 aromatic heterocycles. The first-order chi connectivity index (χ1) is 7.10. The zero-order valence-electron chi connectivity index (χ0n) is 8.69. The Hall–Kier alpha value is -1.04. The van der Waals surface area contributed by atoms with Crippen molar-refractivity contribution in [3.63, 3.8) is 0 Å². The van der Waals surface area contributed by atoms with Gasteiger partial charge in [-0.3, -0.25) is 19.3 Å². The molecule has 1 atom stereocenters. The van der Waals surface area contributed by atoms with Crippen LogP contribution in [0.1, 0.15) is 12.8 Å². The fourth-order valence-corrected chi connectivity index (χ4v) is 2.02. The standard InChI is InChI=1S/C9H13NO4S/c1-14-8(12)3-4-10-7(11)5-6(15-2)9(10)13/h6H,3-5H2,1-2H3. The average Bonchev–Trinajstić information content (AvgIpc) is 2.51. The Morgan fingerprint density at radius 3 is 2.73 bits per heavy atom. The number of methoxy groups -OCH3 is 1. The van der Waals surface area contributed by atoms with Crippen LogP contribution in [0.4, 0.5) is 0 Å². The first kappa shape index (κ1) is 12.0. The number of ether oxygens (including phenoxy) is 1. The number of carbonyl (C=O) groups is 3. The number of thioether (sulfide) groups is 1. The summed E-state index contributed by atoms with van der Waals surface area (Å²) in [5.74, 6) is -0.817. The third kappa shape index (κ3) is 2.71. The first-order valence-electron chi connectivity index (χ1n) is 4.54. The summed E-state index contributed by atoms with van der Waals surface area (Å²) >= 11 is 1.36. The van der Waals surface area contributed by atoms with E-state index in [9.17, 15) is 14.4 Å². The molecule has 0 radical (unpaired) electrons. The molecule has 0 bridgehead atoms. The zero-order valence-corrected chi connectivity index (χ0v) is 9.50. The maximum Gasteiger partial charge on any atom is 0.307 e. The van der Waals surface area contributed by atoms with Crippen LogP contribution in [0.3, 0.4) is 0 Å². The van der Waals surface area contributed by atoms with Gasteiger partial charge in [-0.2, -0.15) is 11.8 Å². The van der Waals surface area contributed by atoms with Gasteiger partial charge >= 0.3 is 5.97 Å². The quantitative estimate of drug-likeness (QED) is 0.505. The van der Waals surface area contributed by atoms with Crippen LogP contribution in [-0.2, 0) is 19.1 Å². The van der Waals surface area contributed by atoms with Gasteiger partial charge in [-0.25, -0.2) is 0 Å². The van der Waals surface area contributed by atoms with Gasteiger partial charge in [0, 0.05) is 13.0 Å². The smallest absolute Gasteiger partial charge is 0.307 e. The summed E-state index contributed by atoms with van der Waals surface area (Å²) in [7, 11) is 1.28. The van der Waals surface area contributed by atoms with Gasteiger partial charge in [-0.1, -0.05) is 0 Å². The van der Waals surface area contributed by atoms with E-state index in [0.29, 0.717) is 0 Å². The van der Waals surface area contributed by atoms with Crippen molar-refractivity contribution < 1.29 is 19.1 Å². The molecular weight excluding hydrogens is 218 g/mol. The summed E-state index contributed by atoms with van der Waals surface area (Å²) in [4.78, 5) is 35.0. The summed E-state index contributed by atoms with van der Waals surface area (Å²) in [6.45, 7) is 0.126. The molecule has 1 fully saturated rings. The van der Waals surface area contributed by atoms with Crippen LogP contribution < -0.4 is 0 Å². The van der Waals surface area contributed by atoms with E-state index >= 15 is 0 Å². The Morgan fingerprint density at radius 2 is 2.27 bits per heavy atom. The van der Waals surface area contributed by atoms with Crippen LogP contribution in [-0.4, -0.2) is 47.8 Å². The van der Waals surface area contributed by atoms with Crippen LogP contribution in [0.15, 0.2) is 0 Å². The Labute approximate surface area is 92.1 Å². The Bertz CT molecular complexity index is 292. The molecule has 1 rings (SSSR count). The molecule has 0 aliphatic carbocycles. The molecule has 1 heterocycles. The maximum absolute atomic E-state index is 11.6. The van der Waals surface area contributed by atoms with Crippen molar-refractivity contribution in [2.24, 2.45) is 0 Å². The van der Waals surface area contributed by atoms with E-state index in [2.05, 4.69) is 4.74 Å². The van der Waals surface area contributed by atoms with Gasteiger partial charge in [0.2, 0.25) is 11.8 Å². The number of imide groups is 1. The molecule has 0 aromatic rings. The predicted octanol–water partition coefficient (Wildman–Crippen LogP) is 0.0400. The fraction of sp³-hybridized carbons (Fsp3) is 0.667. The third-order valence-electron chi connectivity index (χ3n) is 2.25. The second kappa shape index (κ2) is 5.16. The minimum Gasteiger partial charge on any atom is -0.469 e. The lowest BCUT2D eigenvalue weighted by molar-refractivity contribution is -0.143. The van der Waals surface area contributed by atoms with E-state index in [1.54, 1.807) is 6.26 Å². The van der Waals surface area contributed by atoms with E-state index < -0.39 is 5.97 Å². The lowest BCUT2D eigenvalue weighted by atomic mass is 10.4. The minimum atomic E-state index is -0.414. The van der Waals surface area contributed by atoms with Gasteiger partial charge < -0.3 is 4.74 Å². The number of hydrogen-bond donors (Lipinski definition) is 0. The largest absolute Gasteiger partial charge is 0.469 e. The normalized spacial score (nSPS) is 20.9. The van der Waals surface area contributed by atoms with Crippen LogP contribution >= 0.6 is 11.8 Å². The predicted molar refractivity (Wildman–Crippen MR) is 55.3 cm³/mol. The Kier molecular flexibility index (Phi) is 4.14. The lowest BCUT2D eigenvalue weighted by Crippen LogP contribution is -2.33. The van der Waals surface area contributed by atoms with Crippen LogP contribution in [0.2, 0.25) is 0 Å². The van der Waals surface area contributed by atoms with Crippen LogP contribution in [0.25, 0.3) is 0 Å². The average molecular weight is 231 g/mol. The Balaban J connectivity index is 2.51. The van der Waals surface area contributed by atoms with E-state index in [1.165, 1.54) is 18.9 Å². The highest BCUT2D eigenvalue weighted by atomic mass is 32.2. The topological polar surface area (TPSA) is 63.7 Å². The molecule has 1 saturated heterocycles. The summed E-state index contributed by atoms with van der Waals surface area (Å²) < 4.78 is 4.44. The number of hydrogen-bond acceptors (Lipinski definition) is 5. The summed E-state index contributed by atoms with van der Waals surface area (Å²) in [6.07, 6.45) is 2.09. The van der Waals surface area contributed by atoms with Crippen LogP contribution in [0.5, 0.6) is 0 Å². The summed E-state index contributed by atoms with van der Waals surface area (Å²) in [5, 5.41) is -0.282. The van der Waals surface area contributed by atoms with Crippen molar-refractivity contribution >= 4 is 29.5 Å². The molecule has 1 unspecified atom stereocenters. The molecule has 2 amide bonds. The molecule has 0 saturated carbocycles. The number of esters is 1. The highest BCUT2D eigenvalue weighted by molar-refractivity contribution is 8.00. The second-order valence-corrected chi connectivity index (χ2v) is 4.18. The van der Waals surface area contributed by atoms with Gasteiger partial charge in [0.05, 0.1) is 18.8 Å². The molecule has 1 aliphatic rings. The first-order valence-corrected chi connectivity index (χ1v) is 5.82. The van der Waals surface area contributed by atoms with Crippen molar-refractivity contribution in [2.75, 3.05) is 19.9 Å². The molecule has 15 heavy (non-hydrogen) atoms. The number of likely N-dealkylation sites (tertiary alicyclic amines) is 1. The third-order valence-corrected chi connectivity index (χ3v) is 3.19. The molecule has 0 spiro atoms. The van der Waals surface area contributed by atoms with Gasteiger partial charge in [-0.05, 0) is 6.26 Å². The van der Waals surface area contributed by atoms with Crippen molar-refractivity contribution in [2.45, 2.75) is 18.1 Å². The number of amides is 2. The zero-order chi connectivity index (χ0) is 11.4. The molecule has 1 aliphatic heterocycles. The number of nitrogens with zero attached hydrogens (tertiary/aromatic N) is 1. The summed E-state index contributed by atoms with van der Waals surface area (Å²) in [6, 6.07) is 0. The monoisotopic (exact) mass is 231 g/mol. The molecule has 6 heteroatoms. The van der Waals surface area contributed by atoms with Crippen LogP contribution in [0, 0.1) is 0 Å². The SMILES string of the molecule is COC(=O)CCN1C(=O)CC(SC)C1=O. The van der Waals surface area contributed by atoms with E-state index in [-0.39, 0.29) is 36.5 Å². The fourth-order valence-electron chi connectivity index (χ4n) is 1.38. The minimum absolute atomic E-state index is 0.0646. The maximum atomic E-state index is 11.6. The highest BCUT2D eigenvalue weighted by Crippen LogP contribution is 2.22. The van der Waals surface area contributed by atoms with Crippen molar-refractivity contribution in [3.8, 4) is 0 Å².